The smallest absolute Gasteiger partial charge is 0.339 e. The fourth-order valence-corrected chi connectivity index (χ4v) is 1.82. The molecule has 12 heavy (non-hydrogen) atoms. The minimum Gasteiger partial charge on any atom is -0.508 e. The molecule has 66 valence electrons. The molecule has 3 nitrogen and oxygen atoms in total. The fraction of sp³-hybridized carbons (Fsp3) is 0.375. The summed E-state index contributed by atoms with van der Waals surface area (Å²) in [6.45, 7) is 6.14. The molecule has 0 atom stereocenters. The van der Waals surface area contributed by atoms with Gasteiger partial charge in [0.05, 0.1) is 11.4 Å². The summed E-state index contributed by atoms with van der Waals surface area (Å²) in [4.78, 5) is 10.9. The van der Waals surface area contributed by atoms with Gasteiger partial charge in [-0.3, -0.25) is 0 Å². The molecule has 1 aromatic rings. The van der Waals surface area contributed by atoms with Crippen LogP contribution in [0.2, 0.25) is 19.6 Å². The van der Waals surface area contributed by atoms with Crippen LogP contribution in [0.3, 0.4) is 0 Å². The van der Waals surface area contributed by atoms with E-state index in [1.165, 1.54) is 6.07 Å². The SMILES string of the molecule is C[Si](C)(C)c1cc(O)cc(=O)o1. The Hall–Kier alpha value is -1.03. The summed E-state index contributed by atoms with van der Waals surface area (Å²) in [7, 11) is -1.62. The van der Waals surface area contributed by atoms with Crippen LogP contribution in [0.5, 0.6) is 5.75 Å². The lowest BCUT2D eigenvalue weighted by atomic mass is 10.5. The highest BCUT2D eigenvalue weighted by Crippen LogP contribution is 2.06. The zero-order valence-electron chi connectivity index (χ0n) is 7.42. The molecule has 0 bridgehead atoms. The number of rotatable bonds is 1. The van der Waals surface area contributed by atoms with Gasteiger partial charge in [0, 0.05) is 6.07 Å². The quantitative estimate of drug-likeness (QED) is 0.659. The Morgan fingerprint density at radius 1 is 1.33 bits per heavy atom. The van der Waals surface area contributed by atoms with Gasteiger partial charge in [-0.05, 0) is 0 Å². The summed E-state index contributed by atoms with van der Waals surface area (Å²) in [5.41, 5.74) is -0.479. The third-order valence-corrected chi connectivity index (χ3v) is 3.22. The van der Waals surface area contributed by atoms with Crippen molar-refractivity contribution in [3.8, 4) is 5.75 Å². The summed E-state index contributed by atoms with van der Waals surface area (Å²) in [6.07, 6.45) is 0. The van der Waals surface area contributed by atoms with E-state index in [1.54, 1.807) is 0 Å². The molecule has 0 spiro atoms. The van der Waals surface area contributed by atoms with Crippen molar-refractivity contribution in [2.45, 2.75) is 19.6 Å². The molecule has 4 heteroatoms. The molecular formula is C8H12O3Si. The maximum absolute atomic E-state index is 10.9. The van der Waals surface area contributed by atoms with E-state index in [9.17, 15) is 4.79 Å². The van der Waals surface area contributed by atoms with Crippen LogP contribution in [0.25, 0.3) is 0 Å². The molecule has 0 amide bonds. The van der Waals surface area contributed by atoms with E-state index >= 15 is 0 Å². The third kappa shape index (κ3) is 1.98. The van der Waals surface area contributed by atoms with Gasteiger partial charge in [-0.1, -0.05) is 19.6 Å². The van der Waals surface area contributed by atoms with Crippen LogP contribution in [0.15, 0.2) is 21.3 Å². The second kappa shape index (κ2) is 2.78. The van der Waals surface area contributed by atoms with Crippen LogP contribution in [-0.2, 0) is 0 Å². The Morgan fingerprint density at radius 3 is 2.33 bits per heavy atom. The molecule has 0 saturated carbocycles. The molecule has 0 unspecified atom stereocenters. The maximum atomic E-state index is 10.9. The van der Waals surface area contributed by atoms with Crippen LogP contribution >= 0.6 is 0 Å². The Kier molecular flexibility index (Phi) is 2.10. The molecule has 0 saturated heterocycles. The zero-order valence-corrected chi connectivity index (χ0v) is 8.42. The molecule has 0 aliphatic rings. The normalized spacial score (nSPS) is 11.6. The van der Waals surface area contributed by atoms with Gasteiger partial charge in [0.1, 0.15) is 13.8 Å². The number of hydrogen-bond acceptors (Lipinski definition) is 3. The molecule has 0 aliphatic carbocycles. The summed E-state index contributed by atoms with van der Waals surface area (Å²) < 4.78 is 4.97. The average Bonchev–Trinajstić information content (AvgIpc) is 1.82. The van der Waals surface area contributed by atoms with Gasteiger partial charge in [0.15, 0.2) is 0 Å². The van der Waals surface area contributed by atoms with Crippen molar-refractivity contribution < 1.29 is 9.52 Å². The second-order valence-electron chi connectivity index (χ2n) is 3.75. The summed E-state index contributed by atoms with van der Waals surface area (Å²) >= 11 is 0. The van der Waals surface area contributed by atoms with Crippen molar-refractivity contribution in [2.75, 3.05) is 0 Å². The van der Waals surface area contributed by atoms with Crippen molar-refractivity contribution in [1.82, 2.24) is 0 Å². The van der Waals surface area contributed by atoms with E-state index in [1.807, 2.05) is 19.6 Å². The first-order valence-corrected chi connectivity index (χ1v) is 7.24. The maximum Gasteiger partial charge on any atom is 0.339 e. The molecule has 0 fully saturated rings. The molecule has 1 N–H and O–H groups in total. The van der Waals surface area contributed by atoms with E-state index in [2.05, 4.69) is 0 Å². The van der Waals surface area contributed by atoms with Crippen molar-refractivity contribution in [1.29, 1.82) is 0 Å². The van der Waals surface area contributed by atoms with E-state index in [0.717, 1.165) is 6.07 Å². The van der Waals surface area contributed by atoms with Crippen LogP contribution in [0.1, 0.15) is 0 Å². The summed E-state index contributed by atoms with van der Waals surface area (Å²) in [5.74, 6) is -0.0105. The van der Waals surface area contributed by atoms with Crippen LogP contribution in [-0.4, -0.2) is 13.2 Å². The minimum absolute atomic E-state index is 0.0105. The predicted octanol–water partition coefficient (Wildman–Crippen LogP) is 0.891. The van der Waals surface area contributed by atoms with Gasteiger partial charge in [-0.25, -0.2) is 4.79 Å². The third-order valence-electron chi connectivity index (χ3n) is 1.49. The van der Waals surface area contributed by atoms with Gasteiger partial charge in [-0.15, -0.1) is 0 Å². The van der Waals surface area contributed by atoms with E-state index in [4.69, 9.17) is 9.52 Å². The molecule has 0 radical (unpaired) electrons. The topological polar surface area (TPSA) is 50.4 Å². The second-order valence-corrected chi connectivity index (χ2v) is 8.74. The highest BCUT2D eigenvalue weighted by Gasteiger charge is 2.20. The molecule has 1 aromatic heterocycles. The first-order valence-electron chi connectivity index (χ1n) is 3.74. The zero-order chi connectivity index (χ0) is 9.35. The van der Waals surface area contributed by atoms with Crippen LogP contribution in [0, 0.1) is 0 Å². The van der Waals surface area contributed by atoms with Crippen molar-refractivity contribution >= 4 is 13.5 Å². The van der Waals surface area contributed by atoms with Crippen molar-refractivity contribution in [3.05, 3.63) is 22.6 Å². The van der Waals surface area contributed by atoms with E-state index in [-0.39, 0.29) is 5.75 Å². The summed E-state index contributed by atoms with van der Waals surface area (Å²) in [5, 5.41) is 9.75. The van der Waals surface area contributed by atoms with Crippen molar-refractivity contribution in [3.63, 3.8) is 0 Å². The lowest BCUT2D eigenvalue weighted by molar-refractivity contribution is 0.456. The van der Waals surface area contributed by atoms with E-state index in [0.29, 0.717) is 5.38 Å². The molecule has 1 heterocycles. The van der Waals surface area contributed by atoms with Gasteiger partial charge >= 0.3 is 5.63 Å². The largest absolute Gasteiger partial charge is 0.508 e. The first kappa shape index (κ1) is 9.06. The molecule has 0 aromatic carbocycles. The monoisotopic (exact) mass is 184 g/mol. The Balaban J connectivity index is 3.27. The lowest BCUT2D eigenvalue weighted by Crippen LogP contribution is -2.39. The van der Waals surface area contributed by atoms with Gasteiger partial charge in [0.25, 0.3) is 0 Å². The Bertz CT molecular complexity index is 335. The Labute approximate surface area is 71.7 Å². The highest BCUT2D eigenvalue weighted by molar-refractivity contribution is 6.87. The Morgan fingerprint density at radius 2 is 1.92 bits per heavy atom. The molecule has 1 rings (SSSR count). The standard InChI is InChI=1S/C8H12O3Si/c1-12(2,3)8-5-6(9)4-7(10)11-8/h4-5,9H,1-3H3. The van der Waals surface area contributed by atoms with Gasteiger partial charge < -0.3 is 9.52 Å². The van der Waals surface area contributed by atoms with Gasteiger partial charge in [0.2, 0.25) is 0 Å². The lowest BCUT2D eigenvalue weighted by Gasteiger charge is -2.13. The average molecular weight is 184 g/mol. The number of aromatic hydroxyl groups is 1. The van der Waals surface area contributed by atoms with Crippen LogP contribution in [0.4, 0.5) is 0 Å². The first-order chi connectivity index (χ1) is 5.39. The fourth-order valence-electron chi connectivity index (χ4n) is 0.834. The van der Waals surface area contributed by atoms with Crippen molar-refractivity contribution in [2.24, 2.45) is 0 Å². The predicted molar refractivity (Wildman–Crippen MR) is 49.6 cm³/mol. The summed E-state index contributed by atoms with van der Waals surface area (Å²) in [6, 6.07) is 2.59. The van der Waals surface area contributed by atoms with Gasteiger partial charge in [-0.2, -0.15) is 0 Å². The minimum atomic E-state index is -1.62. The van der Waals surface area contributed by atoms with E-state index < -0.39 is 13.7 Å². The number of hydrogen-bond donors (Lipinski definition) is 1. The molecular weight excluding hydrogens is 172 g/mol. The molecule has 0 aliphatic heterocycles. The highest BCUT2D eigenvalue weighted by atomic mass is 28.3. The van der Waals surface area contributed by atoms with Crippen LogP contribution < -0.4 is 11.0 Å².